The predicted octanol–water partition coefficient (Wildman–Crippen LogP) is 1.78. The third-order valence-corrected chi connectivity index (χ3v) is 3.53. The van der Waals surface area contributed by atoms with Gasteiger partial charge in [0, 0.05) is 11.1 Å². The van der Waals surface area contributed by atoms with Crippen molar-refractivity contribution >= 4 is 40.2 Å². The van der Waals surface area contributed by atoms with Crippen molar-refractivity contribution in [1.29, 1.82) is 0 Å². The number of carbonyl (C=O) groups excluding carboxylic acids is 1. The van der Waals surface area contributed by atoms with Crippen molar-refractivity contribution in [3.05, 3.63) is 11.1 Å². The summed E-state index contributed by atoms with van der Waals surface area (Å²) in [4.78, 5) is 27.4. The first-order valence-electron chi connectivity index (χ1n) is 5.24. The summed E-state index contributed by atoms with van der Waals surface area (Å²) in [6, 6.07) is -1.42. The van der Waals surface area contributed by atoms with Crippen molar-refractivity contribution < 1.29 is 14.7 Å². The lowest BCUT2D eigenvalue weighted by molar-refractivity contribution is -0.139. The number of hydrogen-bond acceptors (Lipinski definition) is 5. The van der Waals surface area contributed by atoms with Gasteiger partial charge in [-0.2, -0.15) is 11.8 Å². The van der Waals surface area contributed by atoms with E-state index in [0.29, 0.717) is 17.3 Å². The number of carboxylic acid groups (broad SMARTS) is 1. The van der Waals surface area contributed by atoms with E-state index in [-0.39, 0.29) is 0 Å². The first-order chi connectivity index (χ1) is 8.52. The van der Waals surface area contributed by atoms with E-state index in [0.717, 1.165) is 4.88 Å². The number of hydrogen-bond donors (Lipinski definition) is 3. The summed E-state index contributed by atoms with van der Waals surface area (Å²) in [5.41, 5.74) is 0. The maximum atomic E-state index is 11.6. The fraction of sp³-hybridized carbons (Fsp3) is 0.500. The van der Waals surface area contributed by atoms with Crippen LogP contribution in [-0.2, 0) is 4.79 Å². The number of thiazole rings is 1. The van der Waals surface area contributed by atoms with Gasteiger partial charge in [-0.05, 0) is 25.4 Å². The monoisotopic (exact) mass is 289 g/mol. The van der Waals surface area contributed by atoms with E-state index in [2.05, 4.69) is 15.6 Å². The van der Waals surface area contributed by atoms with Crippen LogP contribution in [0.3, 0.4) is 0 Å². The summed E-state index contributed by atoms with van der Waals surface area (Å²) >= 11 is 2.87. The minimum atomic E-state index is -1.03. The molecule has 0 unspecified atom stereocenters. The van der Waals surface area contributed by atoms with E-state index >= 15 is 0 Å². The Hall–Kier alpha value is -1.28. The van der Waals surface area contributed by atoms with Crippen molar-refractivity contribution in [2.24, 2.45) is 0 Å². The summed E-state index contributed by atoms with van der Waals surface area (Å²) in [6.45, 7) is 1.87. The van der Waals surface area contributed by atoms with Crippen LogP contribution in [-0.4, -0.2) is 40.1 Å². The number of nitrogens with one attached hydrogen (secondary N) is 2. The number of aromatic nitrogens is 1. The zero-order chi connectivity index (χ0) is 13.5. The molecular weight excluding hydrogens is 274 g/mol. The van der Waals surface area contributed by atoms with Gasteiger partial charge in [-0.15, -0.1) is 11.3 Å². The number of thioether (sulfide) groups is 1. The summed E-state index contributed by atoms with van der Waals surface area (Å²) in [7, 11) is 0. The van der Waals surface area contributed by atoms with Crippen LogP contribution >= 0.6 is 23.1 Å². The van der Waals surface area contributed by atoms with Gasteiger partial charge < -0.3 is 10.4 Å². The lowest BCUT2D eigenvalue weighted by Crippen LogP contribution is -2.43. The molecule has 0 aromatic carbocycles. The minimum Gasteiger partial charge on any atom is -0.480 e. The lowest BCUT2D eigenvalue weighted by atomic mass is 10.2. The second-order valence-electron chi connectivity index (χ2n) is 3.55. The molecule has 1 atom stereocenters. The molecule has 100 valence electrons. The Morgan fingerprint density at radius 3 is 2.83 bits per heavy atom. The smallest absolute Gasteiger partial charge is 0.326 e. The standard InChI is InChI=1S/C10H15N3O3S2/c1-6-5-11-10(18-6)13-9(16)12-7(8(14)15)3-4-17-2/h5,7H,3-4H2,1-2H3,(H,14,15)(H2,11,12,13,16)/t7-/m0/s1. The molecule has 6 nitrogen and oxygen atoms in total. The van der Waals surface area contributed by atoms with Crippen LogP contribution in [0, 0.1) is 6.92 Å². The summed E-state index contributed by atoms with van der Waals surface area (Å²) in [6.07, 6.45) is 3.92. The number of amides is 2. The Bertz CT molecular complexity index is 422. The number of urea groups is 1. The van der Waals surface area contributed by atoms with Gasteiger partial charge in [0.2, 0.25) is 0 Å². The van der Waals surface area contributed by atoms with Gasteiger partial charge in [-0.3, -0.25) is 5.32 Å². The molecule has 0 bridgehead atoms. The van der Waals surface area contributed by atoms with Gasteiger partial charge in [-0.1, -0.05) is 0 Å². The Labute approximate surface area is 113 Å². The first kappa shape index (κ1) is 14.8. The van der Waals surface area contributed by atoms with Gasteiger partial charge in [0.25, 0.3) is 0 Å². The summed E-state index contributed by atoms with van der Waals surface area (Å²) in [5.74, 6) is -0.359. The molecule has 0 spiro atoms. The molecule has 1 heterocycles. The van der Waals surface area contributed by atoms with E-state index in [9.17, 15) is 9.59 Å². The van der Waals surface area contributed by atoms with Crippen molar-refractivity contribution in [2.75, 3.05) is 17.3 Å². The molecule has 0 aliphatic heterocycles. The second-order valence-corrected chi connectivity index (χ2v) is 5.77. The third-order valence-electron chi connectivity index (χ3n) is 2.06. The van der Waals surface area contributed by atoms with Crippen LogP contribution in [0.1, 0.15) is 11.3 Å². The van der Waals surface area contributed by atoms with Crippen LogP contribution in [0.15, 0.2) is 6.20 Å². The topological polar surface area (TPSA) is 91.3 Å². The number of aliphatic carboxylic acids is 1. The van der Waals surface area contributed by atoms with Crippen LogP contribution in [0.4, 0.5) is 9.93 Å². The molecule has 8 heteroatoms. The van der Waals surface area contributed by atoms with Gasteiger partial charge in [0.1, 0.15) is 6.04 Å². The molecule has 0 radical (unpaired) electrons. The highest BCUT2D eigenvalue weighted by Crippen LogP contribution is 2.16. The molecular formula is C10H15N3O3S2. The maximum Gasteiger partial charge on any atom is 0.326 e. The average molecular weight is 289 g/mol. The van der Waals surface area contributed by atoms with Gasteiger partial charge in [-0.25, -0.2) is 14.6 Å². The number of carboxylic acids is 1. The van der Waals surface area contributed by atoms with Gasteiger partial charge in [0.05, 0.1) is 0 Å². The maximum absolute atomic E-state index is 11.6. The first-order valence-corrected chi connectivity index (χ1v) is 7.45. The Morgan fingerprint density at radius 1 is 1.61 bits per heavy atom. The largest absolute Gasteiger partial charge is 0.480 e. The average Bonchev–Trinajstić information content (AvgIpc) is 2.69. The third kappa shape index (κ3) is 4.92. The number of rotatable bonds is 6. The van der Waals surface area contributed by atoms with Crippen LogP contribution in [0.25, 0.3) is 0 Å². The van der Waals surface area contributed by atoms with Gasteiger partial charge in [0.15, 0.2) is 5.13 Å². The molecule has 0 aliphatic carbocycles. The molecule has 18 heavy (non-hydrogen) atoms. The van der Waals surface area contributed by atoms with Gasteiger partial charge >= 0.3 is 12.0 Å². The fourth-order valence-electron chi connectivity index (χ4n) is 1.20. The van der Waals surface area contributed by atoms with Crippen LogP contribution in [0.2, 0.25) is 0 Å². The predicted molar refractivity (Wildman–Crippen MR) is 73.4 cm³/mol. The number of carbonyl (C=O) groups is 2. The Balaban J connectivity index is 2.48. The van der Waals surface area contributed by atoms with Crippen LogP contribution < -0.4 is 10.6 Å². The lowest BCUT2D eigenvalue weighted by Gasteiger charge is -2.13. The van der Waals surface area contributed by atoms with Crippen molar-refractivity contribution in [3.63, 3.8) is 0 Å². The van der Waals surface area contributed by atoms with Crippen molar-refractivity contribution in [1.82, 2.24) is 10.3 Å². The molecule has 0 saturated carbocycles. The molecule has 1 rings (SSSR count). The quantitative estimate of drug-likeness (QED) is 0.742. The van der Waals surface area contributed by atoms with E-state index in [4.69, 9.17) is 5.11 Å². The van der Waals surface area contributed by atoms with E-state index in [1.165, 1.54) is 23.1 Å². The van der Waals surface area contributed by atoms with E-state index in [1.807, 2.05) is 13.2 Å². The minimum absolute atomic E-state index is 0.390. The molecule has 0 fully saturated rings. The molecule has 1 aromatic heterocycles. The Kier molecular flexibility index (Phi) is 5.93. The molecule has 0 saturated heterocycles. The van der Waals surface area contributed by atoms with Crippen molar-refractivity contribution in [3.8, 4) is 0 Å². The number of nitrogens with zero attached hydrogens (tertiary/aromatic N) is 1. The SMILES string of the molecule is CSCC[C@H](NC(=O)Nc1ncc(C)s1)C(=O)O. The number of anilines is 1. The highest BCUT2D eigenvalue weighted by Gasteiger charge is 2.19. The van der Waals surface area contributed by atoms with E-state index < -0.39 is 18.0 Å². The molecule has 0 aliphatic rings. The number of aryl methyl sites for hydroxylation is 1. The highest BCUT2D eigenvalue weighted by atomic mass is 32.2. The van der Waals surface area contributed by atoms with Crippen LogP contribution in [0.5, 0.6) is 0 Å². The molecule has 2 amide bonds. The normalized spacial score (nSPS) is 11.9. The molecule has 3 N–H and O–H groups in total. The zero-order valence-electron chi connectivity index (χ0n) is 10.1. The zero-order valence-corrected chi connectivity index (χ0v) is 11.7. The van der Waals surface area contributed by atoms with E-state index in [1.54, 1.807) is 6.20 Å². The highest BCUT2D eigenvalue weighted by molar-refractivity contribution is 7.98. The Morgan fingerprint density at radius 2 is 2.33 bits per heavy atom. The summed E-state index contributed by atoms with van der Waals surface area (Å²) in [5, 5.41) is 14.3. The summed E-state index contributed by atoms with van der Waals surface area (Å²) < 4.78 is 0. The molecule has 1 aromatic rings. The van der Waals surface area contributed by atoms with Crippen molar-refractivity contribution in [2.45, 2.75) is 19.4 Å². The second kappa shape index (κ2) is 7.22. The fourth-order valence-corrected chi connectivity index (χ4v) is 2.33.